The van der Waals surface area contributed by atoms with E-state index in [1.165, 1.54) is 21.7 Å². The second kappa shape index (κ2) is 12.9. The van der Waals surface area contributed by atoms with E-state index in [0.717, 1.165) is 50.3 Å². The first-order valence-electron chi connectivity index (χ1n) is 16.4. The number of nitrogens with zero attached hydrogens (tertiary/aromatic N) is 3. The zero-order valence-electron chi connectivity index (χ0n) is 27.3. The van der Waals surface area contributed by atoms with Crippen LogP contribution in [-0.2, 0) is 31.1 Å². The first-order chi connectivity index (χ1) is 22.7. The number of benzene rings is 2. The Kier molecular flexibility index (Phi) is 9.25. The van der Waals surface area contributed by atoms with Crippen LogP contribution in [-0.4, -0.2) is 67.3 Å². The quantitative estimate of drug-likeness (QED) is 0.172. The number of thiazole rings is 1. The zero-order valence-corrected chi connectivity index (χ0v) is 28.1. The van der Waals surface area contributed by atoms with Gasteiger partial charge in [-0.2, -0.15) is 13.2 Å². The van der Waals surface area contributed by atoms with E-state index in [1.807, 2.05) is 29.2 Å². The molecule has 1 amide bonds. The topological polar surface area (TPSA) is 72.0 Å². The fraction of sp³-hybridized carbons (Fsp3) is 0.571. The highest BCUT2D eigenvalue weighted by Gasteiger charge is 2.61. The van der Waals surface area contributed by atoms with Gasteiger partial charge in [-0.15, -0.1) is 11.3 Å². The van der Waals surface area contributed by atoms with E-state index in [0.29, 0.717) is 42.9 Å². The van der Waals surface area contributed by atoms with Gasteiger partial charge in [0.05, 0.1) is 41.1 Å². The maximum atomic E-state index is 14.7. The van der Waals surface area contributed by atoms with Gasteiger partial charge in [0.1, 0.15) is 10.9 Å². The fourth-order valence-electron chi connectivity index (χ4n) is 7.67. The molecule has 3 aromatic rings. The van der Waals surface area contributed by atoms with Crippen LogP contribution in [0.2, 0.25) is 0 Å². The van der Waals surface area contributed by atoms with Gasteiger partial charge >= 0.3 is 12.1 Å². The maximum Gasteiger partial charge on any atom is 0.402 e. The molecular formula is C35H40F5N3O4S. The van der Waals surface area contributed by atoms with Crippen LogP contribution in [0, 0.1) is 28.4 Å². The van der Waals surface area contributed by atoms with Gasteiger partial charge < -0.3 is 19.3 Å². The summed E-state index contributed by atoms with van der Waals surface area (Å²) in [5, 5.41) is 0. The maximum absolute atomic E-state index is 14.7. The fourth-order valence-corrected chi connectivity index (χ4v) is 8.50. The molecule has 1 atom stereocenters. The number of carbonyl (C=O) groups excluding carboxylic acids is 2. The third-order valence-electron chi connectivity index (χ3n) is 10.6. The normalized spacial score (nSPS) is 20.7. The first kappa shape index (κ1) is 34.5. The van der Waals surface area contributed by atoms with Crippen LogP contribution in [0.3, 0.4) is 0 Å². The van der Waals surface area contributed by atoms with Crippen LogP contribution in [0.25, 0.3) is 10.2 Å². The minimum atomic E-state index is -4.71. The van der Waals surface area contributed by atoms with Gasteiger partial charge in [-0.05, 0) is 44.7 Å². The van der Waals surface area contributed by atoms with Crippen LogP contribution in [0.5, 0.6) is 0 Å². The average molecular weight is 694 g/mol. The number of carbonyl (C=O) groups is 2. The molecule has 2 aliphatic heterocycles. The van der Waals surface area contributed by atoms with Crippen molar-refractivity contribution in [1.29, 1.82) is 0 Å². The lowest BCUT2D eigenvalue weighted by Gasteiger charge is -2.52. The van der Waals surface area contributed by atoms with Gasteiger partial charge in [0.2, 0.25) is 5.91 Å². The van der Waals surface area contributed by atoms with Crippen LogP contribution in [0.4, 0.5) is 27.6 Å². The molecule has 1 aliphatic carbocycles. The Morgan fingerprint density at radius 2 is 1.79 bits per heavy atom. The van der Waals surface area contributed by atoms with Crippen molar-refractivity contribution in [3.05, 3.63) is 58.6 Å². The number of hydrogen-bond acceptors (Lipinski definition) is 7. The monoisotopic (exact) mass is 693 g/mol. The predicted molar refractivity (Wildman–Crippen MR) is 172 cm³/mol. The minimum Gasteiger partial charge on any atom is -0.465 e. The van der Waals surface area contributed by atoms with E-state index in [9.17, 15) is 31.5 Å². The smallest absolute Gasteiger partial charge is 0.402 e. The number of fused-ring (bicyclic) bond motifs is 1. The van der Waals surface area contributed by atoms with Crippen LogP contribution < -0.4 is 4.90 Å². The summed E-state index contributed by atoms with van der Waals surface area (Å²) in [6.45, 7) is 5.20. The summed E-state index contributed by atoms with van der Waals surface area (Å²) in [4.78, 5) is 33.3. The van der Waals surface area contributed by atoms with Gasteiger partial charge in [-0.3, -0.25) is 9.59 Å². The molecule has 0 radical (unpaired) electrons. The molecule has 3 aliphatic rings. The van der Waals surface area contributed by atoms with Crippen molar-refractivity contribution in [1.82, 2.24) is 9.88 Å². The molecule has 0 bridgehead atoms. The Morgan fingerprint density at radius 1 is 1.06 bits per heavy atom. The molecule has 1 spiro atoms. The van der Waals surface area contributed by atoms with Crippen molar-refractivity contribution in [2.45, 2.75) is 71.1 Å². The van der Waals surface area contributed by atoms with Crippen LogP contribution >= 0.6 is 11.3 Å². The average Bonchev–Trinajstić information content (AvgIpc) is 3.68. The number of halogens is 5. The Morgan fingerprint density at radius 3 is 2.48 bits per heavy atom. The molecule has 13 heteroatoms. The molecule has 260 valence electrons. The lowest BCUT2D eigenvalue weighted by molar-refractivity contribution is -0.223. The number of alkyl halides is 3. The number of amides is 1. The molecule has 2 aromatic carbocycles. The zero-order chi connectivity index (χ0) is 34.5. The second-order valence-electron chi connectivity index (χ2n) is 14.0. The molecule has 0 N–H and O–H groups in total. The van der Waals surface area contributed by atoms with Crippen molar-refractivity contribution in [3.8, 4) is 0 Å². The number of hydrogen-bond donors (Lipinski definition) is 0. The molecule has 1 aromatic heterocycles. The molecule has 7 nitrogen and oxygen atoms in total. The molecule has 1 saturated carbocycles. The molecule has 6 rings (SSSR count). The third kappa shape index (κ3) is 5.94. The number of ether oxygens (including phenoxy) is 2. The van der Waals surface area contributed by atoms with Crippen molar-refractivity contribution >= 4 is 39.1 Å². The number of aromatic nitrogens is 1. The Bertz CT molecular complexity index is 1680. The minimum absolute atomic E-state index is 0.0699. The molecule has 2 saturated heterocycles. The van der Waals surface area contributed by atoms with E-state index < -0.39 is 40.0 Å². The summed E-state index contributed by atoms with van der Waals surface area (Å²) in [6, 6.07) is 8.91. The van der Waals surface area contributed by atoms with Crippen molar-refractivity contribution in [3.63, 3.8) is 0 Å². The standard InChI is InChI=1S/C35H40F5N3O4S/c1-4-47-31(45)34(11-6-5-7-12-34)23-10-8-9-22(13-23)16-46-17-24-15-42(26-14-25(36)27(37)28-29(26)48-21-41-28)18-33(24)19-43(20-33)30(44)32(2,3)35(38,39)40/h8-10,13-14,21,24H,4-7,11-12,15-20H2,1-3H3/t24-/m0/s1. The third-order valence-corrected chi connectivity index (χ3v) is 11.5. The summed E-state index contributed by atoms with van der Waals surface area (Å²) in [5.74, 6) is -3.49. The highest BCUT2D eigenvalue weighted by Crippen LogP contribution is 2.50. The molecular weight excluding hydrogens is 653 g/mol. The molecule has 3 heterocycles. The SMILES string of the molecule is CCOC(=O)C1(c2cccc(COC[C@@H]3CN(c4cc(F)c(F)c5ncsc45)CC34CN(C(=O)C(C)(C)C(F)(F)F)C4)c2)CCCCC1. The molecule has 48 heavy (non-hydrogen) atoms. The van der Waals surface area contributed by atoms with Crippen molar-refractivity contribution < 1.29 is 41.0 Å². The Balaban J connectivity index is 1.22. The number of rotatable bonds is 9. The lowest BCUT2D eigenvalue weighted by atomic mass is 9.69. The van der Waals surface area contributed by atoms with Crippen molar-refractivity contribution in [2.75, 3.05) is 44.3 Å². The van der Waals surface area contributed by atoms with Crippen LogP contribution in [0.1, 0.15) is 64.0 Å². The number of anilines is 1. The van der Waals surface area contributed by atoms with E-state index in [-0.39, 0.29) is 43.7 Å². The highest BCUT2D eigenvalue weighted by atomic mass is 32.1. The summed E-state index contributed by atoms with van der Waals surface area (Å²) in [6.07, 6.45) is -0.336. The van der Waals surface area contributed by atoms with Gasteiger partial charge in [-0.25, -0.2) is 13.8 Å². The largest absolute Gasteiger partial charge is 0.465 e. The molecule has 3 fully saturated rings. The van der Waals surface area contributed by atoms with Gasteiger partial charge in [-0.1, -0.05) is 43.5 Å². The predicted octanol–water partition coefficient (Wildman–Crippen LogP) is 7.41. The summed E-state index contributed by atoms with van der Waals surface area (Å²) >= 11 is 1.18. The van der Waals surface area contributed by atoms with E-state index in [2.05, 4.69) is 4.98 Å². The van der Waals surface area contributed by atoms with E-state index >= 15 is 0 Å². The highest BCUT2D eigenvalue weighted by molar-refractivity contribution is 7.17. The number of esters is 1. The second-order valence-corrected chi connectivity index (χ2v) is 14.9. The molecule has 0 unspecified atom stereocenters. The van der Waals surface area contributed by atoms with Crippen molar-refractivity contribution in [2.24, 2.45) is 16.7 Å². The van der Waals surface area contributed by atoms with Gasteiger partial charge in [0.15, 0.2) is 11.6 Å². The summed E-state index contributed by atoms with van der Waals surface area (Å²) in [7, 11) is 0. The van der Waals surface area contributed by atoms with Gasteiger partial charge in [0, 0.05) is 43.6 Å². The first-order valence-corrected chi connectivity index (χ1v) is 17.3. The Hall–Kier alpha value is -3.32. The van der Waals surface area contributed by atoms with E-state index in [1.54, 1.807) is 6.92 Å². The lowest BCUT2D eigenvalue weighted by Crippen LogP contribution is -2.66. The van der Waals surface area contributed by atoms with Gasteiger partial charge in [0.25, 0.3) is 0 Å². The summed E-state index contributed by atoms with van der Waals surface area (Å²) in [5.41, 5.74) is -0.252. The summed E-state index contributed by atoms with van der Waals surface area (Å²) < 4.78 is 82.6. The number of likely N-dealkylation sites (tertiary alicyclic amines) is 1. The Labute approximate surface area is 280 Å². The van der Waals surface area contributed by atoms with E-state index in [4.69, 9.17) is 9.47 Å². The van der Waals surface area contributed by atoms with Crippen LogP contribution in [0.15, 0.2) is 35.8 Å².